The highest BCUT2D eigenvalue weighted by atomic mass is 32.1. The van der Waals surface area contributed by atoms with Crippen LogP contribution in [0, 0.1) is 11.8 Å². The van der Waals surface area contributed by atoms with Crippen LogP contribution in [0.1, 0.15) is 61.2 Å². The van der Waals surface area contributed by atoms with Crippen LogP contribution in [0.15, 0.2) is 11.4 Å². The number of hydrogen-bond acceptors (Lipinski definition) is 4. The molecular weight excluding hydrogens is 322 g/mol. The Labute approximate surface area is 148 Å². The summed E-state index contributed by atoms with van der Waals surface area (Å²) in [7, 11) is 0. The van der Waals surface area contributed by atoms with Gasteiger partial charge in [-0.15, -0.1) is 11.3 Å². The Morgan fingerprint density at radius 2 is 2.12 bits per heavy atom. The van der Waals surface area contributed by atoms with E-state index in [2.05, 4.69) is 20.8 Å². The van der Waals surface area contributed by atoms with Gasteiger partial charge in [-0.05, 0) is 37.2 Å². The van der Waals surface area contributed by atoms with Crippen molar-refractivity contribution >= 4 is 17.2 Å². The normalized spacial score (nSPS) is 29.2. The van der Waals surface area contributed by atoms with Crippen molar-refractivity contribution < 1.29 is 14.6 Å². The molecule has 3 rings (SSSR count). The molecule has 2 atom stereocenters. The van der Waals surface area contributed by atoms with Crippen molar-refractivity contribution in [2.75, 3.05) is 26.3 Å². The maximum Gasteiger partial charge on any atom is 0.254 e. The SMILES string of the molecule is CC(C)c1cc(C(=O)N2CC[C@@](O)(C3CCOCC3)[C@H](C)C2)cs1. The Bertz CT molecular complexity index is 579. The predicted molar refractivity (Wildman–Crippen MR) is 96.6 cm³/mol. The van der Waals surface area contributed by atoms with Crippen molar-refractivity contribution in [2.45, 2.75) is 51.6 Å². The average Bonchev–Trinajstić information content (AvgIpc) is 3.08. The molecule has 1 aromatic rings. The molecule has 2 aliphatic heterocycles. The number of nitrogens with zero attached hydrogens (tertiary/aromatic N) is 1. The van der Waals surface area contributed by atoms with Gasteiger partial charge in [0.1, 0.15) is 0 Å². The van der Waals surface area contributed by atoms with Crippen LogP contribution < -0.4 is 0 Å². The molecule has 3 heterocycles. The second kappa shape index (κ2) is 7.14. The van der Waals surface area contributed by atoms with E-state index in [0.717, 1.165) is 31.6 Å². The number of aliphatic hydroxyl groups is 1. The number of amides is 1. The van der Waals surface area contributed by atoms with Gasteiger partial charge >= 0.3 is 0 Å². The number of thiophene rings is 1. The fourth-order valence-electron chi connectivity index (χ4n) is 4.08. The van der Waals surface area contributed by atoms with Crippen molar-refractivity contribution in [1.29, 1.82) is 0 Å². The van der Waals surface area contributed by atoms with E-state index in [9.17, 15) is 9.90 Å². The molecule has 0 bridgehead atoms. The van der Waals surface area contributed by atoms with Gasteiger partial charge in [0.05, 0.1) is 11.2 Å². The molecule has 2 fully saturated rings. The van der Waals surface area contributed by atoms with Crippen molar-refractivity contribution in [3.63, 3.8) is 0 Å². The van der Waals surface area contributed by atoms with Gasteiger partial charge in [-0.1, -0.05) is 20.8 Å². The second-order valence-electron chi connectivity index (χ2n) is 7.67. The van der Waals surface area contributed by atoms with E-state index in [0.29, 0.717) is 31.3 Å². The molecule has 2 aliphatic rings. The fraction of sp³-hybridized carbons (Fsp3) is 0.737. The van der Waals surface area contributed by atoms with Gasteiger partial charge in [0.2, 0.25) is 0 Å². The number of likely N-dealkylation sites (tertiary alicyclic amines) is 1. The van der Waals surface area contributed by atoms with E-state index in [4.69, 9.17) is 4.74 Å². The third-order valence-corrected chi connectivity index (χ3v) is 7.01. The number of ether oxygens (including phenoxy) is 1. The molecule has 24 heavy (non-hydrogen) atoms. The molecular formula is C19H29NO3S. The van der Waals surface area contributed by atoms with Gasteiger partial charge in [0.25, 0.3) is 5.91 Å². The lowest BCUT2D eigenvalue weighted by Gasteiger charge is -2.48. The summed E-state index contributed by atoms with van der Waals surface area (Å²) in [6, 6.07) is 2.03. The first-order chi connectivity index (χ1) is 11.4. The monoisotopic (exact) mass is 351 g/mol. The molecule has 5 heteroatoms. The Balaban J connectivity index is 1.66. The van der Waals surface area contributed by atoms with Crippen LogP contribution in [0.5, 0.6) is 0 Å². The summed E-state index contributed by atoms with van der Waals surface area (Å²) < 4.78 is 5.44. The van der Waals surface area contributed by atoms with Gasteiger partial charge in [-0.3, -0.25) is 4.79 Å². The van der Waals surface area contributed by atoms with Crippen molar-refractivity contribution in [2.24, 2.45) is 11.8 Å². The summed E-state index contributed by atoms with van der Waals surface area (Å²) >= 11 is 1.66. The second-order valence-corrected chi connectivity index (χ2v) is 8.62. The first-order valence-electron chi connectivity index (χ1n) is 9.09. The molecule has 1 aromatic heterocycles. The number of hydrogen-bond donors (Lipinski definition) is 1. The van der Waals surface area contributed by atoms with Crippen molar-refractivity contribution in [1.82, 2.24) is 4.90 Å². The van der Waals surface area contributed by atoms with Crippen molar-refractivity contribution in [3.05, 3.63) is 21.9 Å². The summed E-state index contributed by atoms with van der Waals surface area (Å²) in [6.45, 7) is 9.16. The quantitative estimate of drug-likeness (QED) is 0.906. The van der Waals surface area contributed by atoms with Crippen LogP contribution in [0.3, 0.4) is 0 Å². The minimum atomic E-state index is -0.654. The van der Waals surface area contributed by atoms with Crippen molar-refractivity contribution in [3.8, 4) is 0 Å². The van der Waals surface area contributed by atoms with E-state index in [-0.39, 0.29) is 11.8 Å². The highest BCUT2D eigenvalue weighted by Gasteiger charge is 2.46. The van der Waals surface area contributed by atoms with Crippen LogP contribution >= 0.6 is 11.3 Å². The molecule has 2 saturated heterocycles. The maximum absolute atomic E-state index is 12.8. The van der Waals surface area contributed by atoms with E-state index in [1.807, 2.05) is 16.3 Å². The largest absolute Gasteiger partial charge is 0.389 e. The summed E-state index contributed by atoms with van der Waals surface area (Å²) in [5.41, 5.74) is 0.144. The van der Waals surface area contributed by atoms with Gasteiger partial charge in [-0.2, -0.15) is 0 Å². The Morgan fingerprint density at radius 1 is 1.42 bits per heavy atom. The topological polar surface area (TPSA) is 49.8 Å². The smallest absolute Gasteiger partial charge is 0.254 e. The van der Waals surface area contributed by atoms with E-state index in [1.54, 1.807) is 11.3 Å². The molecule has 0 spiro atoms. The first kappa shape index (κ1) is 17.9. The average molecular weight is 352 g/mol. The molecule has 1 N–H and O–H groups in total. The van der Waals surface area contributed by atoms with E-state index >= 15 is 0 Å². The summed E-state index contributed by atoms with van der Waals surface area (Å²) in [4.78, 5) is 16.0. The lowest BCUT2D eigenvalue weighted by Crippen LogP contribution is -2.56. The summed E-state index contributed by atoms with van der Waals surface area (Å²) in [5, 5.41) is 13.2. The Kier molecular flexibility index (Phi) is 5.33. The van der Waals surface area contributed by atoms with Gasteiger partial charge in [-0.25, -0.2) is 0 Å². The first-order valence-corrected chi connectivity index (χ1v) is 9.97. The summed E-state index contributed by atoms with van der Waals surface area (Å²) in [6.07, 6.45) is 2.53. The molecule has 0 saturated carbocycles. The zero-order valence-corrected chi connectivity index (χ0v) is 15.8. The maximum atomic E-state index is 12.8. The number of rotatable bonds is 3. The van der Waals surface area contributed by atoms with Crippen LogP contribution in [0.4, 0.5) is 0 Å². The molecule has 0 radical (unpaired) electrons. The zero-order valence-electron chi connectivity index (χ0n) is 15.0. The molecule has 134 valence electrons. The van der Waals surface area contributed by atoms with Crippen LogP contribution in [0.25, 0.3) is 0 Å². The fourth-order valence-corrected chi connectivity index (χ4v) is 4.98. The van der Waals surface area contributed by atoms with Crippen LogP contribution in [-0.2, 0) is 4.74 Å². The highest BCUT2D eigenvalue weighted by Crippen LogP contribution is 2.39. The minimum Gasteiger partial charge on any atom is -0.389 e. The van der Waals surface area contributed by atoms with Gasteiger partial charge in [0, 0.05) is 42.5 Å². The molecule has 0 unspecified atom stereocenters. The highest BCUT2D eigenvalue weighted by molar-refractivity contribution is 7.10. The van der Waals surface area contributed by atoms with Gasteiger partial charge in [0.15, 0.2) is 0 Å². The molecule has 4 nitrogen and oxygen atoms in total. The zero-order chi connectivity index (χ0) is 17.3. The molecule has 0 aromatic carbocycles. The van der Waals surface area contributed by atoms with Gasteiger partial charge < -0.3 is 14.7 Å². The standard InChI is InChI=1S/C19H29NO3S/c1-13(2)17-10-15(12-24-17)18(21)20-7-6-19(22,14(3)11-20)16-4-8-23-9-5-16/h10,12-14,16,22H,4-9,11H2,1-3H3/t14-,19+/m1/s1. The van der Waals surface area contributed by atoms with E-state index in [1.165, 1.54) is 4.88 Å². The Morgan fingerprint density at radius 3 is 2.71 bits per heavy atom. The lowest BCUT2D eigenvalue weighted by molar-refractivity contribution is -0.125. The van der Waals surface area contributed by atoms with Crippen LogP contribution in [0.2, 0.25) is 0 Å². The van der Waals surface area contributed by atoms with Crippen LogP contribution in [-0.4, -0.2) is 47.8 Å². The number of carbonyl (C=O) groups excluding carboxylic acids is 1. The number of carbonyl (C=O) groups is 1. The third-order valence-electron chi connectivity index (χ3n) is 5.78. The lowest BCUT2D eigenvalue weighted by atomic mass is 9.70. The predicted octanol–water partition coefficient (Wildman–Crippen LogP) is 3.51. The summed E-state index contributed by atoms with van der Waals surface area (Å²) in [5.74, 6) is 0.961. The molecule has 1 amide bonds. The Hall–Kier alpha value is -0.910. The third kappa shape index (κ3) is 3.39. The number of piperidine rings is 1. The minimum absolute atomic E-state index is 0.0986. The van der Waals surface area contributed by atoms with E-state index < -0.39 is 5.60 Å². The molecule has 0 aliphatic carbocycles.